The minimum absolute atomic E-state index is 0.490. The Balaban J connectivity index is 2.37. The fourth-order valence-electron chi connectivity index (χ4n) is 2.22. The van der Waals surface area contributed by atoms with Crippen LogP contribution in [0, 0.1) is 5.92 Å². The molecule has 0 aromatic heterocycles. The summed E-state index contributed by atoms with van der Waals surface area (Å²) in [5, 5.41) is 9.99. The van der Waals surface area contributed by atoms with Gasteiger partial charge in [0.25, 0.3) is 0 Å². The largest absolute Gasteiger partial charge is 0.389 e. The first-order chi connectivity index (χ1) is 6.57. The number of aliphatic hydroxyl groups is 1. The predicted molar refractivity (Wildman–Crippen MR) is 60.4 cm³/mol. The summed E-state index contributed by atoms with van der Waals surface area (Å²) in [6, 6.07) is 0. The van der Waals surface area contributed by atoms with E-state index in [1.54, 1.807) is 0 Å². The van der Waals surface area contributed by atoms with Crippen molar-refractivity contribution in [2.75, 3.05) is 19.6 Å². The molecule has 1 aliphatic rings. The van der Waals surface area contributed by atoms with Crippen LogP contribution in [0.15, 0.2) is 0 Å². The van der Waals surface area contributed by atoms with Crippen LogP contribution in [0.3, 0.4) is 0 Å². The van der Waals surface area contributed by atoms with E-state index < -0.39 is 5.60 Å². The molecule has 0 aliphatic carbocycles. The molecule has 1 fully saturated rings. The Bertz CT molecular complexity index is 168. The first-order valence-electron chi connectivity index (χ1n) is 6.02. The zero-order chi connectivity index (χ0) is 10.6. The Morgan fingerprint density at radius 3 is 2.71 bits per heavy atom. The number of nitrogens with zero attached hydrogens (tertiary/aromatic N) is 1. The van der Waals surface area contributed by atoms with Gasteiger partial charge in [0.15, 0.2) is 0 Å². The van der Waals surface area contributed by atoms with E-state index in [0.29, 0.717) is 0 Å². The Morgan fingerprint density at radius 2 is 2.14 bits per heavy atom. The van der Waals surface area contributed by atoms with Crippen LogP contribution in [-0.4, -0.2) is 35.2 Å². The monoisotopic (exact) mass is 199 g/mol. The Kier molecular flexibility index (Phi) is 4.39. The van der Waals surface area contributed by atoms with Crippen molar-refractivity contribution in [2.24, 2.45) is 5.92 Å². The van der Waals surface area contributed by atoms with E-state index >= 15 is 0 Å². The second-order valence-corrected chi connectivity index (χ2v) is 5.00. The molecule has 0 aromatic carbocycles. The molecule has 2 nitrogen and oxygen atoms in total. The maximum absolute atomic E-state index is 9.99. The SMILES string of the molecule is CCC1CCCN(CC(C)(O)CC)C1. The molecule has 0 bridgehead atoms. The van der Waals surface area contributed by atoms with Crippen molar-refractivity contribution in [1.29, 1.82) is 0 Å². The van der Waals surface area contributed by atoms with E-state index in [4.69, 9.17) is 0 Å². The Hall–Kier alpha value is -0.0800. The van der Waals surface area contributed by atoms with Gasteiger partial charge in [0.05, 0.1) is 5.60 Å². The standard InChI is InChI=1S/C12H25NO/c1-4-11-7-6-8-13(9-11)10-12(3,14)5-2/h11,14H,4-10H2,1-3H3. The molecule has 1 rings (SSSR count). The van der Waals surface area contributed by atoms with Gasteiger partial charge in [-0.1, -0.05) is 20.3 Å². The molecular weight excluding hydrogens is 174 g/mol. The maximum atomic E-state index is 9.99. The molecule has 1 heterocycles. The summed E-state index contributed by atoms with van der Waals surface area (Å²) in [7, 11) is 0. The number of hydrogen-bond donors (Lipinski definition) is 1. The fraction of sp³-hybridized carbons (Fsp3) is 1.00. The third-order valence-corrected chi connectivity index (χ3v) is 3.51. The average molecular weight is 199 g/mol. The molecular formula is C12H25NO. The van der Waals surface area contributed by atoms with E-state index in [9.17, 15) is 5.11 Å². The van der Waals surface area contributed by atoms with Gasteiger partial charge in [-0.2, -0.15) is 0 Å². The molecule has 1 N–H and O–H groups in total. The summed E-state index contributed by atoms with van der Waals surface area (Å²) < 4.78 is 0. The molecule has 1 aliphatic heterocycles. The molecule has 0 aromatic rings. The van der Waals surface area contributed by atoms with Crippen molar-refractivity contribution in [1.82, 2.24) is 4.90 Å². The van der Waals surface area contributed by atoms with Crippen LogP contribution in [0.5, 0.6) is 0 Å². The van der Waals surface area contributed by atoms with Crippen LogP contribution in [0.4, 0.5) is 0 Å². The smallest absolute Gasteiger partial charge is 0.0743 e. The van der Waals surface area contributed by atoms with E-state index in [1.165, 1.54) is 32.4 Å². The summed E-state index contributed by atoms with van der Waals surface area (Å²) >= 11 is 0. The van der Waals surface area contributed by atoms with Gasteiger partial charge in [-0.15, -0.1) is 0 Å². The maximum Gasteiger partial charge on any atom is 0.0743 e. The normalized spacial score (nSPS) is 28.7. The van der Waals surface area contributed by atoms with Crippen LogP contribution in [0.25, 0.3) is 0 Å². The van der Waals surface area contributed by atoms with Gasteiger partial charge >= 0.3 is 0 Å². The lowest BCUT2D eigenvalue weighted by Gasteiger charge is -2.36. The van der Waals surface area contributed by atoms with Gasteiger partial charge in [0.2, 0.25) is 0 Å². The summed E-state index contributed by atoms with van der Waals surface area (Å²) in [4.78, 5) is 2.43. The number of piperidine rings is 1. The van der Waals surface area contributed by atoms with Crippen LogP contribution < -0.4 is 0 Å². The molecule has 0 radical (unpaired) electrons. The molecule has 2 atom stereocenters. The van der Waals surface area contributed by atoms with Crippen molar-refractivity contribution in [2.45, 2.75) is 52.1 Å². The molecule has 0 saturated carbocycles. The van der Waals surface area contributed by atoms with Crippen molar-refractivity contribution in [3.63, 3.8) is 0 Å². The molecule has 0 spiro atoms. The van der Waals surface area contributed by atoms with E-state index in [0.717, 1.165) is 18.9 Å². The van der Waals surface area contributed by atoms with Gasteiger partial charge < -0.3 is 10.0 Å². The molecule has 1 saturated heterocycles. The van der Waals surface area contributed by atoms with E-state index in [1.807, 2.05) is 6.92 Å². The van der Waals surface area contributed by atoms with Gasteiger partial charge in [-0.3, -0.25) is 0 Å². The quantitative estimate of drug-likeness (QED) is 0.751. The zero-order valence-electron chi connectivity index (χ0n) is 9.92. The Morgan fingerprint density at radius 1 is 1.43 bits per heavy atom. The number of rotatable bonds is 4. The second-order valence-electron chi connectivity index (χ2n) is 5.00. The number of β-amino-alcohol motifs (C(OH)–C–C–N with tert-alkyl or cyclic N) is 1. The fourth-order valence-corrected chi connectivity index (χ4v) is 2.22. The van der Waals surface area contributed by atoms with Crippen LogP contribution >= 0.6 is 0 Å². The molecule has 2 heteroatoms. The summed E-state index contributed by atoms with van der Waals surface area (Å²) in [5.74, 6) is 0.858. The van der Waals surface area contributed by atoms with Crippen molar-refractivity contribution in [3.05, 3.63) is 0 Å². The number of likely N-dealkylation sites (tertiary alicyclic amines) is 1. The lowest BCUT2D eigenvalue weighted by Crippen LogP contribution is -2.45. The lowest BCUT2D eigenvalue weighted by molar-refractivity contribution is 0.00389. The third kappa shape index (κ3) is 3.58. The van der Waals surface area contributed by atoms with Crippen LogP contribution in [0.1, 0.15) is 46.5 Å². The molecule has 2 unspecified atom stereocenters. The van der Waals surface area contributed by atoms with E-state index in [2.05, 4.69) is 18.7 Å². The molecule has 0 amide bonds. The highest BCUT2D eigenvalue weighted by Gasteiger charge is 2.25. The predicted octanol–water partition coefficient (Wildman–Crippen LogP) is 2.27. The second kappa shape index (κ2) is 5.13. The number of hydrogen-bond acceptors (Lipinski definition) is 2. The van der Waals surface area contributed by atoms with Crippen LogP contribution in [-0.2, 0) is 0 Å². The van der Waals surface area contributed by atoms with Gasteiger partial charge in [0.1, 0.15) is 0 Å². The summed E-state index contributed by atoms with van der Waals surface area (Å²) in [6.45, 7) is 9.48. The Labute approximate surface area is 88.3 Å². The van der Waals surface area contributed by atoms with Gasteiger partial charge in [0, 0.05) is 13.1 Å². The first kappa shape index (κ1) is 12.0. The van der Waals surface area contributed by atoms with E-state index in [-0.39, 0.29) is 0 Å². The molecule has 14 heavy (non-hydrogen) atoms. The minimum atomic E-state index is -0.490. The van der Waals surface area contributed by atoms with Crippen molar-refractivity contribution < 1.29 is 5.11 Å². The van der Waals surface area contributed by atoms with Crippen molar-refractivity contribution in [3.8, 4) is 0 Å². The van der Waals surface area contributed by atoms with Crippen LogP contribution in [0.2, 0.25) is 0 Å². The summed E-state index contributed by atoms with van der Waals surface area (Å²) in [5.41, 5.74) is -0.490. The van der Waals surface area contributed by atoms with Crippen molar-refractivity contribution >= 4 is 0 Å². The van der Waals surface area contributed by atoms with Gasteiger partial charge in [-0.25, -0.2) is 0 Å². The van der Waals surface area contributed by atoms with Gasteiger partial charge in [-0.05, 0) is 38.6 Å². The minimum Gasteiger partial charge on any atom is -0.389 e. The third-order valence-electron chi connectivity index (χ3n) is 3.51. The average Bonchev–Trinajstić information content (AvgIpc) is 2.17. The highest BCUT2D eigenvalue weighted by Crippen LogP contribution is 2.21. The summed E-state index contributed by atoms with van der Waals surface area (Å²) in [6.07, 6.45) is 4.81. The molecule has 84 valence electrons. The highest BCUT2D eigenvalue weighted by atomic mass is 16.3. The first-order valence-corrected chi connectivity index (χ1v) is 6.02. The zero-order valence-corrected chi connectivity index (χ0v) is 9.92. The lowest BCUT2D eigenvalue weighted by atomic mass is 9.94. The topological polar surface area (TPSA) is 23.5 Å². The highest BCUT2D eigenvalue weighted by molar-refractivity contribution is 4.80.